The van der Waals surface area contributed by atoms with E-state index < -0.39 is 12.0 Å². The zero-order valence-corrected chi connectivity index (χ0v) is 9.51. The Labute approximate surface area is 89.1 Å². The second-order valence-electron chi connectivity index (χ2n) is 3.35. The zero-order valence-electron chi connectivity index (χ0n) is 8.69. The average Bonchev–Trinajstić information content (AvgIpc) is 2.09. The van der Waals surface area contributed by atoms with Crippen molar-refractivity contribution in [3.8, 4) is 0 Å². The van der Waals surface area contributed by atoms with Crippen LogP contribution in [0.5, 0.6) is 0 Å². The molecular formula is C9H19NO3S. The molecule has 4 nitrogen and oxygen atoms in total. The van der Waals surface area contributed by atoms with E-state index in [1.54, 1.807) is 11.8 Å². The molecular weight excluding hydrogens is 202 g/mol. The molecule has 0 spiro atoms. The summed E-state index contributed by atoms with van der Waals surface area (Å²) >= 11 is 1.61. The maximum Gasteiger partial charge on any atom is 0.320 e. The van der Waals surface area contributed by atoms with Crippen LogP contribution >= 0.6 is 11.8 Å². The molecule has 5 heteroatoms. The molecule has 0 aromatic heterocycles. The van der Waals surface area contributed by atoms with E-state index >= 15 is 0 Å². The van der Waals surface area contributed by atoms with E-state index in [0.717, 1.165) is 5.75 Å². The van der Waals surface area contributed by atoms with Gasteiger partial charge in [0.25, 0.3) is 0 Å². The van der Waals surface area contributed by atoms with Gasteiger partial charge in [0, 0.05) is 18.1 Å². The summed E-state index contributed by atoms with van der Waals surface area (Å²) in [6, 6.07) is -0.468. The fourth-order valence-corrected chi connectivity index (χ4v) is 1.66. The van der Waals surface area contributed by atoms with Gasteiger partial charge in [0.1, 0.15) is 6.04 Å². The van der Waals surface area contributed by atoms with E-state index in [1.165, 1.54) is 0 Å². The highest BCUT2D eigenvalue weighted by molar-refractivity contribution is 7.99. The minimum atomic E-state index is -0.799. The van der Waals surface area contributed by atoms with Gasteiger partial charge in [-0.2, -0.15) is 11.8 Å². The highest BCUT2D eigenvalue weighted by Crippen LogP contribution is 2.02. The summed E-state index contributed by atoms with van der Waals surface area (Å²) in [5, 5.41) is 20.3. The van der Waals surface area contributed by atoms with Crippen molar-refractivity contribution >= 4 is 17.7 Å². The lowest BCUT2D eigenvalue weighted by atomic mass is 10.1. The molecule has 14 heavy (non-hydrogen) atoms. The van der Waals surface area contributed by atoms with Crippen molar-refractivity contribution in [2.24, 2.45) is 5.92 Å². The molecule has 0 saturated heterocycles. The van der Waals surface area contributed by atoms with E-state index in [0.29, 0.717) is 12.3 Å². The first-order valence-electron chi connectivity index (χ1n) is 4.74. The summed E-state index contributed by atoms with van der Waals surface area (Å²) in [6.45, 7) is 4.61. The predicted octanol–water partition coefficient (Wildman–Crippen LogP) is 0.411. The van der Waals surface area contributed by atoms with Crippen LogP contribution in [0.2, 0.25) is 0 Å². The fourth-order valence-electron chi connectivity index (χ4n) is 1.06. The average molecular weight is 221 g/mol. The number of hydrogen-bond donors (Lipinski definition) is 3. The molecule has 1 atom stereocenters. The van der Waals surface area contributed by atoms with E-state index in [9.17, 15) is 4.79 Å². The van der Waals surface area contributed by atoms with Gasteiger partial charge >= 0.3 is 5.97 Å². The van der Waals surface area contributed by atoms with Gasteiger partial charge in [-0.25, -0.2) is 0 Å². The number of rotatable bonds is 8. The summed E-state index contributed by atoms with van der Waals surface area (Å²) in [7, 11) is 0. The SMILES string of the molecule is CC(C)[C@H](NCCSCCO)C(=O)O. The molecule has 0 unspecified atom stereocenters. The zero-order chi connectivity index (χ0) is 11.0. The van der Waals surface area contributed by atoms with E-state index in [2.05, 4.69) is 5.32 Å². The van der Waals surface area contributed by atoms with Crippen molar-refractivity contribution in [3.63, 3.8) is 0 Å². The number of thioether (sulfide) groups is 1. The van der Waals surface area contributed by atoms with Gasteiger partial charge in [-0.15, -0.1) is 0 Å². The van der Waals surface area contributed by atoms with Crippen LogP contribution in [-0.4, -0.2) is 46.9 Å². The Morgan fingerprint density at radius 3 is 2.50 bits per heavy atom. The lowest BCUT2D eigenvalue weighted by molar-refractivity contribution is -0.140. The molecule has 0 aliphatic rings. The third kappa shape index (κ3) is 6.23. The first-order valence-corrected chi connectivity index (χ1v) is 5.89. The van der Waals surface area contributed by atoms with Crippen molar-refractivity contribution in [2.45, 2.75) is 19.9 Å². The minimum Gasteiger partial charge on any atom is -0.480 e. The summed E-state index contributed by atoms with van der Waals surface area (Å²) in [5.74, 6) is 0.834. The minimum absolute atomic E-state index is 0.0929. The Kier molecular flexibility index (Phi) is 7.93. The Morgan fingerprint density at radius 2 is 2.07 bits per heavy atom. The molecule has 0 heterocycles. The van der Waals surface area contributed by atoms with Crippen LogP contribution in [0.25, 0.3) is 0 Å². The third-order valence-corrected chi connectivity index (χ3v) is 2.74. The van der Waals surface area contributed by atoms with Crippen LogP contribution in [0.3, 0.4) is 0 Å². The first kappa shape index (κ1) is 13.7. The van der Waals surface area contributed by atoms with Crippen molar-refractivity contribution in [1.82, 2.24) is 5.32 Å². The van der Waals surface area contributed by atoms with Crippen molar-refractivity contribution in [3.05, 3.63) is 0 Å². The number of aliphatic hydroxyl groups is 1. The molecule has 0 bridgehead atoms. The van der Waals surface area contributed by atoms with Crippen molar-refractivity contribution < 1.29 is 15.0 Å². The molecule has 84 valence electrons. The van der Waals surface area contributed by atoms with Gasteiger partial charge in [-0.3, -0.25) is 4.79 Å². The predicted molar refractivity (Wildman–Crippen MR) is 58.7 cm³/mol. The maximum absolute atomic E-state index is 10.8. The molecule has 0 saturated carbocycles. The van der Waals surface area contributed by atoms with E-state index in [1.807, 2.05) is 13.8 Å². The van der Waals surface area contributed by atoms with Gasteiger partial charge < -0.3 is 15.5 Å². The van der Waals surface area contributed by atoms with Crippen LogP contribution in [0.4, 0.5) is 0 Å². The van der Waals surface area contributed by atoms with Crippen LogP contribution in [0, 0.1) is 5.92 Å². The highest BCUT2D eigenvalue weighted by atomic mass is 32.2. The number of aliphatic hydroxyl groups excluding tert-OH is 1. The topological polar surface area (TPSA) is 69.6 Å². The number of aliphatic carboxylic acids is 1. The van der Waals surface area contributed by atoms with Crippen LogP contribution in [-0.2, 0) is 4.79 Å². The smallest absolute Gasteiger partial charge is 0.320 e. The molecule has 0 amide bonds. The van der Waals surface area contributed by atoms with Crippen LogP contribution in [0.1, 0.15) is 13.8 Å². The normalized spacial score (nSPS) is 13.1. The summed E-state index contributed by atoms with van der Waals surface area (Å²) < 4.78 is 0. The van der Waals surface area contributed by atoms with E-state index in [4.69, 9.17) is 10.2 Å². The second kappa shape index (κ2) is 8.08. The maximum atomic E-state index is 10.8. The third-order valence-electron chi connectivity index (χ3n) is 1.78. The Hall–Kier alpha value is -0.260. The quantitative estimate of drug-likeness (QED) is 0.518. The molecule has 0 fully saturated rings. The van der Waals surface area contributed by atoms with Gasteiger partial charge in [-0.1, -0.05) is 13.8 Å². The monoisotopic (exact) mass is 221 g/mol. The molecule has 3 N–H and O–H groups in total. The highest BCUT2D eigenvalue weighted by Gasteiger charge is 2.19. The molecule has 0 aliphatic heterocycles. The summed E-state index contributed by atoms with van der Waals surface area (Å²) in [4.78, 5) is 10.8. The molecule has 0 aromatic carbocycles. The standard InChI is InChI=1S/C9H19NO3S/c1-7(2)8(9(12)13)10-3-5-14-6-4-11/h7-8,10-11H,3-6H2,1-2H3,(H,12,13)/t8-/m0/s1. The molecule has 0 aromatic rings. The fraction of sp³-hybridized carbons (Fsp3) is 0.889. The van der Waals surface area contributed by atoms with Crippen molar-refractivity contribution in [1.29, 1.82) is 0 Å². The Morgan fingerprint density at radius 1 is 1.43 bits per heavy atom. The molecule has 0 rings (SSSR count). The van der Waals surface area contributed by atoms with Gasteiger partial charge in [0.15, 0.2) is 0 Å². The largest absolute Gasteiger partial charge is 0.480 e. The number of nitrogens with one attached hydrogen (secondary N) is 1. The Bertz CT molecular complexity index is 164. The molecule has 0 radical (unpaired) electrons. The number of carboxylic acid groups (broad SMARTS) is 1. The summed E-state index contributed by atoms with van der Waals surface area (Å²) in [6.07, 6.45) is 0. The second-order valence-corrected chi connectivity index (χ2v) is 4.57. The molecule has 0 aliphatic carbocycles. The van der Waals surface area contributed by atoms with Gasteiger partial charge in [0.05, 0.1) is 6.61 Å². The van der Waals surface area contributed by atoms with Crippen LogP contribution in [0.15, 0.2) is 0 Å². The first-order chi connectivity index (χ1) is 6.59. The van der Waals surface area contributed by atoms with Crippen molar-refractivity contribution in [2.75, 3.05) is 24.7 Å². The number of hydrogen-bond acceptors (Lipinski definition) is 4. The Balaban J connectivity index is 3.57. The number of carbonyl (C=O) groups is 1. The van der Waals surface area contributed by atoms with Crippen LogP contribution < -0.4 is 5.32 Å². The summed E-state index contributed by atoms with van der Waals surface area (Å²) in [5.41, 5.74) is 0. The van der Waals surface area contributed by atoms with Gasteiger partial charge in [-0.05, 0) is 5.92 Å². The van der Waals surface area contributed by atoms with Gasteiger partial charge in [0.2, 0.25) is 0 Å². The lowest BCUT2D eigenvalue weighted by Gasteiger charge is -2.17. The number of carboxylic acids is 1. The van der Waals surface area contributed by atoms with E-state index in [-0.39, 0.29) is 12.5 Å². The lowest BCUT2D eigenvalue weighted by Crippen LogP contribution is -2.41.